The maximum Gasteiger partial charge on any atom is 0.387 e. The molecule has 0 saturated carbocycles. The van der Waals surface area contributed by atoms with Crippen molar-refractivity contribution in [2.24, 2.45) is 0 Å². The lowest BCUT2D eigenvalue weighted by Gasteiger charge is -2.14. The lowest BCUT2D eigenvalue weighted by Crippen LogP contribution is -2.17. The zero-order chi connectivity index (χ0) is 11.3. The van der Waals surface area contributed by atoms with Crippen LogP contribution in [0.2, 0.25) is 0 Å². The summed E-state index contributed by atoms with van der Waals surface area (Å²) in [5.74, 6) is -0.175. The molecule has 1 aromatic heterocycles. The van der Waals surface area contributed by atoms with Crippen LogP contribution in [0.25, 0.3) is 0 Å². The van der Waals surface area contributed by atoms with Crippen molar-refractivity contribution < 1.29 is 9.66 Å². The lowest BCUT2D eigenvalue weighted by atomic mass is 10.4. The molecule has 7 heteroatoms. The highest BCUT2D eigenvalue weighted by Crippen LogP contribution is 2.26. The molecule has 0 atom stereocenters. The molecule has 0 unspecified atom stereocenters. The molecule has 0 aliphatic heterocycles. The predicted octanol–water partition coefficient (Wildman–Crippen LogP) is 1.75. The summed E-state index contributed by atoms with van der Waals surface area (Å²) in [6.45, 7) is 0.973. The Morgan fingerprint density at radius 1 is 1.73 bits per heavy atom. The van der Waals surface area contributed by atoms with E-state index in [0.717, 1.165) is 0 Å². The fraction of sp³-hybridized carbons (Fsp3) is 0.375. The molecule has 0 aliphatic carbocycles. The maximum absolute atomic E-state index is 10.7. The normalized spacial score (nSPS) is 10.0. The quantitative estimate of drug-likeness (QED) is 0.465. The van der Waals surface area contributed by atoms with Crippen LogP contribution in [-0.4, -0.2) is 30.2 Å². The molecule has 0 saturated heterocycles. The molecule has 1 rings (SSSR count). The molecule has 0 radical (unpaired) electrons. The van der Waals surface area contributed by atoms with Gasteiger partial charge in [-0.2, -0.15) is 0 Å². The van der Waals surface area contributed by atoms with Crippen LogP contribution in [0.5, 0.6) is 0 Å². The zero-order valence-corrected chi connectivity index (χ0v) is 9.68. The highest BCUT2D eigenvalue weighted by Gasteiger charge is 2.18. The molecule has 0 N–H and O–H groups in total. The number of rotatable bonds is 5. The molecule has 6 nitrogen and oxygen atoms in total. The number of pyridine rings is 1. The van der Waals surface area contributed by atoms with E-state index < -0.39 is 4.92 Å². The van der Waals surface area contributed by atoms with Gasteiger partial charge in [-0.25, -0.2) is 0 Å². The van der Waals surface area contributed by atoms with Crippen molar-refractivity contribution in [3.8, 4) is 0 Å². The second-order valence-corrected chi connectivity index (χ2v) is 3.54. The van der Waals surface area contributed by atoms with Gasteiger partial charge >= 0.3 is 5.82 Å². The van der Waals surface area contributed by atoms with Gasteiger partial charge in [0.15, 0.2) is 0 Å². The molecule has 0 bridgehead atoms. The van der Waals surface area contributed by atoms with Crippen LogP contribution in [0, 0.1) is 10.1 Å². The molecule has 0 spiro atoms. The van der Waals surface area contributed by atoms with E-state index in [1.54, 1.807) is 23.2 Å². The number of anilines is 1. The van der Waals surface area contributed by atoms with Gasteiger partial charge in [-0.3, -0.25) is 3.93 Å². The monoisotopic (exact) mass is 275 g/mol. The van der Waals surface area contributed by atoms with Gasteiger partial charge in [0, 0.05) is 23.3 Å². The minimum atomic E-state index is -0.517. The number of hydrogen-bond acceptors (Lipinski definition) is 5. The fourth-order valence-electron chi connectivity index (χ4n) is 1.01. The minimum Gasteiger partial charge on any atom is -0.383 e. The van der Waals surface area contributed by atoms with Gasteiger partial charge in [-0.15, -0.1) is 0 Å². The molecule has 0 fully saturated rings. The van der Waals surface area contributed by atoms with Gasteiger partial charge in [-0.1, -0.05) is 0 Å². The first kappa shape index (κ1) is 11.9. The molecule has 0 amide bonds. The van der Waals surface area contributed by atoms with Crippen LogP contribution in [0.1, 0.15) is 0 Å². The van der Waals surface area contributed by atoms with Crippen LogP contribution in [0.15, 0.2) is 18.3 Å². The molecular formula is C8H10BrN3O3. The van der Waals surface area contributed by atoms with Crippen molar-refractivity contribution >= 4 is 27.7 Å². The van der Waals surface area contributed by atoms with E-state index in [0.29, 0.717) is 18.8 Å². The Kier molecular flexibility index (Phi) is 4.44. The second kappa shape index (κ2) is 5.62. The molecule has 0 aliphatic rings. The topological polar surface area (TPSA) is 68.5 Å². The van der Waals surface area contributed by atoms with Crippen LogP contribution >= 0.6 is 16.1 Å². The first-order valence-corrected chi connectivity index (χ1v) is 4.89. The largest absolute Gasteiger partial charge is 0.387 e. The molecule has 1 aromatic rings. The van der Waals surface area contributed by atoms with Crippen molar-refractivity contribution in [2.75, 3.05) is 24.2 Å². The van der Waals surface area contributed by atoms with Gasteiger partial charge in [0.1, 0.15) is 11.9 Å². The highest BCUT2D eigenvalue weighted by molar-refractivity contribution is 9.10. The van der Waals surface area contributed by atoms with E-state index in [9.17, 15) is 10.1 Å². The summed E-state index contributed by atoms with van der Waals surface area (Å²) >= 11 is 3.22. The van der Waals surface area contributed by atoms with Crippen molar-refractivity contribution in [3.05, 3.63) is 28.4 Å². The average molecular weight is 276 g/mol. The molecule has 1 heterocycles. The van der Waals surface area contributed by atoms with Crippen LogP contribution in [0.4, 0.5) is 11.5 Å². The number of aromatic nitrogens is 1. The third kappa shape index (κ3) is 3.14. The SMILES string of the molecule is COCCN(Br)c1cccnc1[N+](=O)[O-]. The molecular weight excluding hydrogens is 266 g/mol. The minimum absolute atomic E-state index is 0.175. The zero-order valence-electron chi connectivity index (χ0n) is 8.09. The summed E-state index contributed by atoms with van der Waals surface area (Å²) < 4.78 is 6.43. The molecule has 82 valence electrons. The van der Waals surface area contributed by atoms with E-state index in [2.05, 4.69) is 21.1 Å². The Morgan fingerprint density at radius 3 is 3.07 bits per heavy atom. The number of nitro groups is 1. The summed E-state index contributed by atoms with van der Waals surface area (Å²) in [6, 6.07) is 3.26. The standard InChI is InChI=1S/C8H10BrN3O3/c1-15-6-5-11(9)7-3-2-4-10-8(7)12(13)14/h2-4H,5-6H2,1H3. The number of methoxy groups -OCH3 is 1. The van der Waals surface area contributed by atoms with E-state index >= 15 is 0 Å². The van der Waals surface area contributed by atoms with Gasteiger partial charge in [0.2, 0.25) is 0 Å². The summed E-state index contributed by atoms with van der Waals surface area (Å²) in [5, 5.41) is 10.7. The summed E-state index contributed by atoms with van der Waals surface area (Å²) in [4.78, 5) is 13.8. The fourth-order valence-corrected chi connectivity index (χ4v) is 1.43. The Balaban J connectivity index is 2.87. The van der Waals surface area contributed by atoms with Gasteiger partial charge in [-0.05, 0) is 22.0 Å². The Bertz CT molecular complexity index is 348. The van der Waals surface area contributed by atoms with E-state index in [1.165, 1.54) is 6.20 Å². The van der Waals surface area contributed by atoms with Crippen molar-refractivity contribution in [1.82, 2.24) is 4.98 Å². The van der Waals surface area contributed by atoms with Gasteiger partial charge < -0.3 is 14.9 Å². The average Bonchev–Trinajstić information content (AvgIpc) is 2.25. The predicted molar refractivity (Wildman–Crippen MR) is 59.0 cm³/mol. The van der Waals surface area contributed by atoms with Gasteiger partial charge in [0.05, 0.1) is 13.2 Å². The lowest BCUT2D eigenvalue weighted by molar-refractivity contribution is -0.388. The van der Waals surface area contributed by atoms with Gasteiger partial charge in [0.25, 0.3) is 0 Å². The number of ether oxygens (including phenoxy) is 1. The Labute approximate surface area is 95.3 Å². The number of halogens is 1. The van der Waals surface area contributed by atoms with Crippen molar-refractivity contribution in [1.29, 1.82) is 0 Å². The third-order valence-electron chi connectivity index (χ3n) is 1.69. The van der Waals surface area contributed by atoms with Crippen LogP contribution in [-0.2, 0) is 4.74 Å². The Hall–Kier alpha value is -1.21. The summed E-state index contributed by atoms with van der Waals surface area (Å²) in [7, 11) is 1.57. The van der Waals surface area contributed by atoms with Crippen LogP contribution in [0.3, 0.4) is 0 Å². The Morgan fingerprint density at radius 2 is 2.47 bits per heavy atom. The van der Waals surface area contributed by atoms with Crippen molar-refractivity contribution in [3.63, 3.8) is 0 Å². The van der Waals surface area contributed by atoms with E-state index in [-0.39, 0.29) is 5.82 Å². The van der Waals surface area contributed by atoms with Crippen LogP contribution < -0.4 is 3.93 Å². The number of nitrogens with zero attached hydrogens (tertiary/aromatic N) is 3. The first-order valence-electron chi connectivity index (χ1n) is 4.18. The number of hydrogen-bond donors (Lipinski definition) is 0. The summed E-state index contributed by atoms with van der Waals surface area (Å²) in [6.07, 6.45) is 1.39. The first-order chi connectivity index (χ1) is 7.16. The smallest absolute Gasteiger partial charge is 0.383 e. The third-order valence-corrected chi connectivity index (χ3v) is 2.43. The second-order valence-electron chi connectivity index (χ2n) is 2.68. The highest BCUT2D eigenvalue weighted by atomic mass is 79.9. The van der Waals surface area contributed by atoms with Crippen molar-refractivity contribution in [2.45, 2.75) is 0 Å². The maximum atomic E-state index is 10.7. The van der Waals surface area contributed by atoms with E-state index in [4.69, 9.17) is 4.74 Å². The molecule has 0 aromatic carbocycles. The summed E-state index contributed by atoms with van der Waals surface area (Å²) in [5.41, 5.74) is 0.416. The molecule has 15 heavy (non-hydrogen) atoms. The van der Waals surface area contributed by atoms with E-state index in [1.807, 2.05) is 0 Å².